The fourth-order valence-corrected chi connectivity index (χ4v) is 2.71. The Morgan fingerprint density at radius 3 is 2.61 bits per heavy atom. The number of nitrogens with zero attached hydrogens (tertiary/aromatic N) is 1. The Balaban J connectivity index is 2.14. The van der Waals surface area contributed by atoms with Crippen molar-refractivity contribution < 1.29 is 4.39 Å². The maximum atomic E-state index is 13.3. The fourth-order valence-electron chi connectivity index (χ4n) is 2.71. The largest absolute Gasteiger partial charge is 0.329 e. The summed E-state index contributed by atoms with van der Waals surface area (Å²) in [6, 6.07) is 5.60. The molecule has 18 heavy (non-hydrogen) atoms. The van der Waals surface area contributed by atoms with Gasteiger partial charge in [-0.05, 0) is 56.0 Å². The smallest absolute Gasteiger partial charge is 0.126 e. The van der Waals surface area contributed by atoms with E-state index in [1.54, 1.807) is 6.07 Å². The van der Waals surface area contributed by atoms with Crippen LogP contribution >= 0.6 is 0 Å². The lowest BCUT2D eigenvalue weighted by Crippen LogP contribution is -2.39. The van der Waals surface area contributed by atoms with Crippen molar-refractivity contribution in [1.29, 1.82) is 0 Å². The zero-order chi connectivity index (χ0) is 13.1. The molecule has 1 unspecified atom stereocenters. The minimum atomic E-state index is -0.137. The minimum Gasteiger partial charge on any atom is -0.329 e. The van der Waals surface area contributed by atoms with Crippen LogP contribution in [0.4, 0.5) is 4.39 Å². The Morgan fingerprint density at radius 1 is 1.39 bits per heavy atom. The number of hydrogen-bond donors (Lipinski definition) is 1. The van der Waals surface area contributed by atoms with Gasteiger partial charge in [0.15, 0.2) is 0 Å². The number of hydrogen-bond acceptors (Lipinski definition) is 2. The van der Waals surface area contributed by atoms with Gasteiger partial charge < -0.3 is 5.73 Å². The van der Waals surface area contributed by atoms with E-state index in [4.69, 9.17) is 5.73 Å². The molecule has 0 aliphatic carbocycles. The van der Waals surface area contributed by atoms with Crippen molar-refractivity contribution >= 4 is 0 Å². The van der Waals surface area contributed by atoms with Crippen LogP contribution in [0.3, 0.4) is 0 Å². The molecule has 1 aliphatic heterocycles. The third-order valence-electron chi connectivity index (χ3n) is 4.05. The number of nitrogens with two attached hydrogens (primary N) is 1. The monoisotopic (exact) mass is 250 g/mol. The molecule has 1 heterocycles. The number of rotatable bonds is 3. The molecule has 0 aromatic heterocycles. The molecular formula is C15H23FN2. The summed E-state index contributed by atoms with van der Waals surface area (Å²) in [5.41, 5.74) is 7.77. The van der Waals surface area contributed by atoms with Crippen molar-refractivity contribution in [3.8, 4) is 0 Å². The summed E-state index contributed by atoms with van der Waals surface area (Å²) >= 11 is 0. The third kappa shape index (κ3) is 2.90. The summed E-state index contributed by atoms with van der Waals surface area (Å²) in [6.07, 6.45) is 2.47. The molecule has 1 aromatic carbocycles. The van der Waals surface area contributed by atoms with Crippen molar-refractivity contribution in [3.05, 3.63) is 35.1 Å². The molecule has 3 heteroatoms. The standard InChI is InChI=1S/C15H23FN2/c1-11-5-7-18(8-6-11)15(10-17)13-3-4-14(16)12(2)9-13/h3-4,9,11,15H,5-8,10,17H2,1-2H3. The number of aryl methyl sites for hydroxylation is 1. The lowest BCUT2D eigenvalue weighted by molar-refractivity contribution is 0.141. The molecule has 2 N–H and O–H groups in total. The first kappa shape index (κ1) is 13.5. The first-order valence-electron chi connectivity index (χ1n) is 6.82. The maximum Gasteiger partial charge on any atom is 0.126 e. The van der Waals surface area contributed by atoms with E-state index in [0.29, 0.717) is 12.1 Å². The van der Waals surface area contributed by atoms with Crippen molar-refractivity contribution in [2.45, 2.75) is 32.7 Å². The van der Waals surface area contributed by atoms with E-state index in [1.165, 1.54) is 12.8 Å². The van der Waals surface area contributed by atoms with Gasteiger partial charge in [-0.2, -0.15) is 0 Å². The van der Waals surface area contributed by atoms with Gasteiger partial charge >= 0.3 is 0 Å². The molecule has 0 saturated carbocycles. The quantitative estimate of drug-likeness (QED) is 0.893. The van der Waals surface area contributed by atoms with Crippen LogP contribution in [0.25, 0.3) is 0 Å². The highest BCUT2D eigenvalue weighted by Gasteiger charge is 2.23. The molecule has 1 fully saturated rings. The predicted molar refractivity (Wildman–Crippen MR) is 72.9 cm³/mol. The van der Waals surface area contributed by atoms with Crippen molar-refractivity contribution in [2.24, 2.45) is 11.7 Å². The zero-order valence-electron chi connectivity index (χ0n) is 11.3. The number of benzene rings is 1. The highest BCUT2D eigenvalue weighted by molar-refractivity contribution is 5.27. The Morgan fingerprint density at radius 2 is 2.06 bits per heavy atom. The second kappa shape index (κ2) is 5.81. The molecule has 0 spiro atoms. The van der Waals surface area contributed by atoms with Crippen LogP contribution in [0, 0.1) is 18.7 Å². The van der Waals surface area contributed by atoms with E-state index in [1.807, 2.05) is 19.1 Å². The molecule has 2 nitrogen and oxygen atoms in total. The maximum absolute atomic E-state index is 13.3. The molecule has 1 aliphatic rings. The molecule has 1 saturated heterocycles. The van der Waals surface area contributed by atoms with Gasteiger partial charge in [-0.3, -0.25) is 4.90 Å². The van der Waals surface area contributed by atoms with E-state index >= 15 is 0 Å². The van der Waals surface area contributed by atoms with Gasteiger partial charge in [-0.1, -0.05) is 19.1 Å². The molecule has 2 rings (SSSR count). The Labute approximate surface area is 109 Å². The van der Waals surface area contributed by atoms with Gasteiger partial charge in [0, 0.05) is 12.6 Å². The second-order valence-electron chi connectivity index (χ2n) is 5.48. The predicted octanol–water partition coefficient (Wildman–Crippen LogP) is 2.87. The van der Waals surface area contributed by atoms with Crippen molar-refractivity contribution in [1.82, 2.24) is 4.90 Å². The Hall–Kier alpha value is -0.930. The van der Waals surface area contributed by atoms with E-state index in [0.717, 1.165) is 24.6 Å². The lowest BCUT2D eigenvalue weighted by Gasteiger charge is -2.36. The minimum absolute atomic E-state index is 0.137. The van der Waals surface area contributed by atoms with Gasteiger partial charge in [-0.25, -0.2) is 4.39 Å². The zero-order valence-corrected chi connectivity index (χ0v) is 11.3. The van der Waals surface area contributed by atoms with Crippen LogP contribution < -0.4 is 5.73 Å². The normalized spacial score (nSPS) is 20.0. The Kier molecular flexibility index (Phi) is 4.36. The van der Waals surface area contributed by atoms with Crippen LogP contribution in [0.2, 0.25) is 0 Å². The molecular weight excluding hydrogens is 227 g/mol. The van der Waals surface area contributed by atoms with Gasteiger partial charge in [0.1, 0.15) is 5.82 Å². The molecule has 100 valence electrons. The van der Waals surface area contributed by atoms with E-state index in [9.17, 15) is 4.39 Å². The summed E-state index contributed by atoms with van der Waals surface area (Å²) in [5, 5.41) is 0. The molecule has 0 amide bonds. The van der Waals surface area contributed by atoms with Gasteiger partial charge in [0.2, 0.25) is 0 Å². The topological polar surface area (TPSA) is 29.3 Å². The SMILES string of the molecule is Cc1cc(C(CN)N2CCC(C)CC2)ccc1F. The average molecular weight is 250 g/mol. The van der Waals surface area contributed by atoms with Crippen molar-refractivity contribution in [3.63, 3.8) is 0 Å². The summed E-state index contributed by atoms with van der Waals surface area (Å²) in [4.78, 5) is 2.44. The van der Waals surface area contributed by atoms with Crippen LogP contribution in [-0.2, 0) is 0 Å². The van der Waals surface area contributed by atoms with E-state index in [2.05, 4.69) is 11.8 Å². The second-order valence-corrected chi connectivity index (χ2v) is 5.48. The fraction of sp³-hybridized carbons (Fsp3) is 0.600. The molecule has 1 atom stereocenters. The highest BCUT2D eigenvalue weighted by atomic mass is 19.1. The average Bonchev–Trinajstić information content (AvgIpc) is 2.37. The van der Waals surface area contributed by atoms with E-state index < -0.39 is 0 Å². The number of likely N-dealkylation sites (tertiary alicyclic amines) is 1. The van der Waals surface area contributed by atoms with Gasteiger partial charge in [0.05, 0.1) is 0 Å². The lowest BCUT2D eigenvalue weighted by atomic mass is 9.95. The number of piperidine rings is 1. The van der Waals surface area contributed by atoms with Crippen LogP contribution in [0.15, 0.2) is 18.2 Å². The summed E-state index contributed by atoms with van der Waals surface area (Å²) in [7, 11) is 0. The summed E-state index contributed by atoms with van der Waals surface area (Å²) < 4.78 is 13.3. The molecule has 1 aromatic rings. The first-order valence-corrected chi connectivity index (χ1v) is 6.82. The summed E-state index contributed by atoms with van der Waals surface area (Å²) in [6.45, 7) is 6.90. The van der Waals surface area contributed by atoms with Gasteiger partial charge in [0.25, 0.3) is 0 Å². The molecule has 0 bridgehead atoms. The summed E-state index contributed by atoms with van der Waals surface area (Å²) in [5.74, 6) is 0.677. The highest BCUT2D eigenvalue weighted by Crippen LogP contribution is 2.27. The third-order valence-corrected chi connectivity index (χ3v) is 4.05. The molecule has 0 radical (unpaired) electrons. The van der Waals surface area contributed by atoms with Crippen LogP contribution in [-0.4, -0.2) is 24.5 Å². The first-order chi connectivity index (χ1) is 8.61. The Bertz CT molecular complexity index is 397. The van der Waals surface area contributed by atoms with Gasteiger partial charge in [-0.15, -0.1) is 0 Å². The number of halogens is 1. The van der Waals surface area contributed by atoms with Crippen LogP contribution in [0.5, 0.6) is 0 Å². The van der Waals surface area contributed by atoms with Crippen molar-refractivity contribution in [2.75, 3.05) is 19.6 Å². The van der Waals surface area contributed by atoms with E-state index in [-0.39, 0.29) is 11.9 Å². The van der Waals surface area contributed by atoms with Crippen LogP contribution in [0.1, 0.15) is 36.9 Å².